The fraction of sp³-hybridized carbons (Fsp3) is 0.533. The molecule has 4 nitrogen and oxygen atoms in total. The number of nitrogens with one attached hydrogen (secondary N) is 1. The van der Waals surface area contributed by atoms with Gasteiger partial charge in [0.2, 0.25) is 5.91 Å². The van der Waals surface area contributed by atoms with Gasteiger partial charge in [-0.2, -0.15) is 0 Å². The van der Waals surface area contributed by atoms with E-state index in [2.05, 4.69) is 12.2 Å². The van der Waals surface area contributed by atoms with Crippen LogP contribution in [0.5, 0.6) is 0 Å². The van der Waals surface area contributed by atoms with Gasteiger partial charge in [0.05, 0.1) is 18.7 Å². The Balaban J connectivity index is 3.12. The maximum Gasteiger partial charge on any atom is 0.243 e. The summed E-state index contributed by atoms with van der Waals surface area (Å²) in [5.41, 5.74) is 2.00. The summed E-state index contributed by atoms with van der Waals surface area (Å²) in [6, 6.07) is 7.56. The molecule has 0 radical (unpaired) electrons. The van der Waals surface area contributed by atoms with E-state index in [0.717, 1.165) is 17.7 Å². The second-order valence-corrected chi connectivity index (χ2v) is 4.79. The van der Waals surface area contributed by atoms with Crippen LogP contribution in [-0.2, 0) is 11.2 Å². The zero-order valence-electron chi connectivity index (χ0n) is 12.2. The highest BCUT2D eigenvalue weighted by Gasteiger charge is 2.23. The first-order valence-corrected chi connectivity index (χ1v) is 6.75. The number of rotatable bonds is 6. The first kappa shape index (κ1) is 15.7. The van der Waals surface area contributed by atoms with Crippen molar-refractivity contribution in [1.29, 1.82) is 0 Å². The summed E-state index contributed by atoms with van der Waals surface area (Å²) in [6.07, 6.45) is 0.297. The Morgan fingerprint density at radius 3 is 2.53 bits per heavy atom. The quantitative estimate of drug-likeness (QED) is 0.820. The lowest BCUT2D eigenvalue weighted by Crippen LogP contribution is -2.46. The molecule has 1 rings (SSSR count). The fourth-order valence-electron chi connectivity index (χ4n) is 2.00. The number of aliphatic hydroxyl groups excluding tert-OH is 1. The zero-order valence-corrected chi connectivity index (χ0v) is 12.2. The predicted molar refractivity (Wildman–Crippen MR) is 78.4 cm³/mol. The molecule has 0 saturated heterocycles. The highest BCUT2D eigenvalue weighted by atomic mass is 16.3. The minimum Gasteiger partial charge on any atom is -0.392 e. The van der Waals surface area contributed by atoms with Crippen molar-refractivity contribution in [2.75, 3.05) is 18.5 Å². The number of nitrogens with zero attached hydrogens (tertiary/aromatic N) is 1. The normalized spacial score (nSPS) is 13.9. The van der Waals surface area contributed by atoms with E-state index in [1.807, 2.05) is 31.2 Å². The number of carbonyl (C=O) groups excluding carboxylic acids is 1. The van der Waals surface area contributed by atoms with Crippen LogP contribution in [0, 0.1) is 0 Å². The van der Waals surface area contributed by atoms with Gasteiger partial charge in [0.1, 0.15) is 0 Å². The molecule has 0 saturated carbocycles. The molecule has 0 heterocycles. The zero-order chi connectivity index (χ0) is 14.4. The molecule has 2 N–H and O–H groups in total. The molecule has 1 amide bonds. The van der Waals surface area contributed by atoms with Crippen molar-refractivity contribution >= 4 is 11.6 Å². The Morgan fingerprint density at radius 1 is 1.37 bits per heavy atom. The molecule has 0 fully saturated rings. The van der Waals surface area contributed by atoms with Crippen molar-refractivity contribution in [3.63, 3.8) is 0 Å². The number of hydrogen-bond acceptors (Lipinski definition) is 3. The SMILES string of the molecule is CCc1ccccc1N(C[C@@H](C)O)C(=O)C(C)NC. The van der Waals surface area contributed by atoms with E-state index in [9.17, 15) is 9.90 Å². The molecular formula is C15H24N2O2. The average molecular weight is 264 g/mol. The van der Waals surface area contributed by atoms with Crippen molar-refractivity contribution in [1.82, 2.24) is 5.32 Å². The number of aliphatic hydroxyl groups is 1. The third-order valence-electron chi connectivity index (χ3n) is 3.18. The lowest BCUT2D eigenvalue weighted by Gasteiger charge is -2.28. The number of amides is 1. The van der Waals surface area contributed by atoms with Gasteiger partial charge in [0.15, 0.2) is 0 Å². The van der Waals surface area contributed by atoms with Crippen LogP contribution in [0.15, 0.2) is 24.3 Å². The van der Waals surface area contributed by atoms with E-state index < -0.39 is 6.10 Å². The summed E-state index contributed by atoms with van der Waals surface area (Å²) in [7, 11) is 1.76. The van der Waals surface area contributed by atoms with E-state index in [4.69, 9.17) is 0 Å². The van der Waals surface area contributed by atoms with Gasteiger partial charge in [-0.15, -0.1) is 0 Å². The largest absolute Gasteiger partial charge is 0.392 e. The topological polar surface area (TPSA) is 52.6 Å². The number of carbonyl (C=O) groups is 1. The standard InChI is InChI=1S/C15H24N2O2/c1-5-13-8-6-7-9-14(13)17(10-11(2)18)15(19)12(3)16-4/h6-9,11-12,16,18H,5,10H2,1-4H3/t11-,12?/m1/s1. The van der Waals surface area contributed by atoms with Crippen molar-refractivity contribution in [2.45, 2.75) is 39.3 Å². The van der Waals surface area contributed by atoms with E-state index in [-0.39, 0.29) is 11.9 Å². The van der Waals surface area contributed by atoms with Gasteiger partial charge >= 0.3 is 0 Å². The Labute approximate surface area is 115 Å². The summed E-state index contributed by atoms with van der Waals surface area (Å²) in [5.74, 6) is -0.0238. The van der Waals surface area contributed by atoms with Crippen molar-refractivity contribution in [2.24, 2.45) is 0 Å². The van der Waals surface area contributed by atoms with E-state index in [0.29, 0.717) is 6.54 Å². The van der Waals surface area contributed by atoms with Crippen LogP contribution in [0.1, 0.15) is 26.3 Å². The number of aryl methyl sites for hydroxylation is 1. The highest BCUT2D eigenvalue weighted by Crippen LogP contribution is 2.22. The predicted octanol–water partition coefficient (Wildman–Crippen LogP) is 1.57. The number of likely N-dealkylation sites (N-methyl/N-ethyl adjacent to an activating group) is 1. The van der Waals surface area contributed by atoms with Crippen LogP contribution in [0.4, 0.5) is 5.69 Å². The van der Waals surface area contributed by atoms with Gasteiger partial charge in [-0.25, -0.2) is 0 Å². The van der Waals surface area contributed by atoms with Crippen LogP contribution in [-0.4, -0.2) is 36.8 Å². The van der Waals surface area contributed by atoms with Gasteiger partial charge in [0.25, 0.3) is 0 Å². The number of anilines is 1. The molecule has 2 atom stereocenters. The van der Waals surface area contributed by atoms with Crippen LogP contribution in [0.25, 0.3) is 0 Å². The Bertz CT molecular complexity index is 418. The van der Waals surface area contributed by atoms with Crippen molar-refractivity contribution < 1.29 is 9.90 Å². The van der Waals surface area contributed by atoms with Gasteiger partial charge in [-0.05, 0) is 38.9 Å². The van der Waals surface area contributed by atoms with E-state index in [1.165, 1.54) is 0 Å². The molecule has 0 aliphatic carbocycles. The molecular weight excluding hydrogens is 240 g/mol. The van der Waals surface area contributed by atoms with E-state index >= 15 is 0 Å². The first-order valence-electron chi connectivity index (χ1n) is 6.75. The smallest absolute Gasteiger partial charge is 0.243 e. The molecule has 0 aromatic heterocycles. The third kappa shape index (κ3) is 4.04. The second kappa shape index (κ2) is 7.26. The average Bonchev–Trinajstić information content (AvgIpc) is 2.42. The Hall–Kier alpha value is -1.39. The van der Waals surface area contributed by atoms with Gasteiger partial charge in [-0.3, -0.25) is 4.79 Å². The molecule has 106 valence electrons. The summed E-state index contributed by atoms with van der Waals surface area (Å²) in [5, 5.41) is 12.6. The highest BCUT2D eigenvalue weighted by molar-refractivity contribution is 5.97. The maximum atomic E-state index is 12.4. The van der Waals surface area contributed by atoms with Crippen molar-refractivity contribution in [3.05, 3.63) is 29.8 Å². The Kier molecular flexibility index (Phi) is 5.99. The van der Waals surface area contributed by atoms with Gasteiger partial charge < -0.3 is 15.3 Å². The fourth-order valence-corrected chi connectivity index (χ4v) is 2.00. The molecule has 0 aliphatic rings. The molecule has 1 aromatic rings. The summed E-state index contributed by atoms with van der Waals surface area (Å²) in [6.45, 7) is 5.89. The molecule has 1 unspecified atom stereocenters. The summed E-state index contributed by atoms with van der Waals surface area (Å²) in [4.78, 5) is 14.1. The molecule has 1 aromatic carbocycles. The summed E-state index contributed by atoms with van der Waals surface area (Å²) < 4.78 is 0. The molecule has 4 heteroatoms. The third-order valence-corrected chi connectivity index (χ3v) is 3.18. The molecule has 0 aliphatic heterocycles. The molecule has 0 spiro atoms. The molecule has 19 heavy (non-hydrogen) atoms. The van der Waals surface area contributed by atoms with Crippen LogP contribution >= 0.6 is 0 Å². The van der Waals surface area contributed by atoms with Crippen LogP contribution in [0.3, 0.4) is 0 Å². The van der Waals surface area contributed by atoms with Crippen LogP contribution < -0.4 is 10.2 Å². The number of para-hydroxylation sites is 1. The first-order chi connectivity index (χ1) is 9.01. The molecule has 0 bridgehead atoms. The van der Waals surface area contributed by atoms with Crippen LogP contribution in [0.2, 0.25) is 0 Å². The number of hydrogen-bond donors (Lipinski definition) is 2. The lowest BCUT2D eigenvalue weighted by molar-refractivity contribution is -0.120. The monoisotopic (exact) mass is 264 g/mol. The van der Waals surface area contributed by atoms with Gasteiger partial charge in [0, 0.05) is 5.69 Å². The maximum absolute atomic E-state index is 12.4. The minimum absolute atomic E-state index is 0.0238. The minimum atomic E-state index is -0.557. The summed E-state index contributed by atoms with van der Waals surface area (Å²) >= 11 is 0. The second-order valence-electron chi connectivity index (χ2n) is 4.79. The van der Waals surface area contributed by atoms with Gasteiger partial charge in [-0.1, -0.05) is 25.1 Å². The Morgan fingerprint density at radius 2 is 2.00 bits per heavy atom. The lowest BCUT2D eigenvalue weighted by atomic mass is 10.1. The van der Waals surface area contributed by atoms with E-state index in [1.54, 1.807) is 18.9 Å². The van der Waals surface area contributed by atoms with Crippen molar-refractivity contribution in [3.8, 4) is 0 Å². The number of benzene rings is 1.